The number of hydrazone groups is 1. The lowest BCUT2D eigenvalue weighted by atomic mass is 9.82. The van der Waals surface area contributed by atoms with Crippen molar-refractivity contribution in [3.05, 3.63) is 59.2 Å². The van der Waals surface area contributed by atoms with Gasteiger partial charge < -0.3 is 20.1 Å². The number of Topliss-reactive ketones (excluding diaryl/α,β-unsaturated/α-hetero) is 1. The smallest absolute Gasteiger partial charge is 0.438 e. The van der Waals surface area contributed by atoms with E-state index in [-0.39, 0.29) is 31.3 Å². The van der Waals surface area contributed by atoms with Gasteiger partial charge in [-0.1, -0.05) is 64.3 Å². The average Bonchev–Trinajstić information content (AvgIpc) is 3.07. The maximum atomic E-state index is 13.3. The molecule has 0 radical (unpaired) electrons. The van der Waals surface area contributed by atoms with Crippen molar-refractivity contribution >= 4 is 41.0 Å². The van der Waals surface area contributed by atoms with Crippen molar-refractivity contribution in [2.45, 2.75) is 65.9 Å². The molecule has 1 aliphatic heterocycles. The summed E-state index contributed by atoms with van der Waals surface area (Å²) in [6.07, 6.45) is 4.70. The van der Waals surface area contributed by atoms with Gasteiger partial charge >= 0.3 is 12.2 Å². The van der Waals surface area contributed by atoms with E-state index in [0.717, 1.165) is 48.9 Å². The number of fused-ring (bicyclic) bond motifs is 1. The lowest BCUT2D eigenvalue weighted by molar-refractivity contribution is -0.125. The minimum absolute atomic E-state index is 0.0123. The summed E-state index contributed by atoms with van der Waals surface area (Å²) >= 11 is 0. The molecule has 41 heavy (non-hydrogen) atoms. The van der Waals surface area contributed by atoms with Crippen LogP contribution in [0.25, 0.3) is 0 Å². The number of rotatable bonds is 8. The Bertz CT molecular complexity index is 1340. The van der Waals surface area contributed by atoms with Crippen LogP contribution in [0.15, 0.2) is 47.6 Å². The van der Waals surface area contributed by atoms with Gasteiger partial charge in [-0.15, -0.1) is 0 Å². The van der Waals surface area contributed by atoms with E-state index < -0.39 is 23.5 Å². The molecule has 1 aliphatic carbocycles. The Morgan fingerprint density at radius 1 is 1.05 bits per heavy atom. The van der Waals surface area contributed by atoms with Gasteiger partial charge in [-0.25, -0.2) is 14.6 Å². The highest BCUT2D eigenvalue weighted by molar-refractivity contribution is 6.11. The molecule has 0 spiro atoms. The molecule has 2 N–H and O–H groups in total. The van der Waals surface area contributed by atoms with Crippen LogP contribution in [0.4, 0.5) is 21.0 Å². The van der Waals surface area contributed by atoms with E-state index in [1.165, 1.54) is 12.1 Å². The topological polar surface area (TPSA) is 126 Å². The Morgan fingerprint density at radius 2 is 1.80 bits per heavy atom. The molecule has 1 saturated carbocycles. The van der Waals surface area contributed by atoms with E-state index >= 15 is 0 Å². The first-order valence-electron chi connectivity index (χ1n) is 14.0. The molecule has 218 valence electrons. The van der Waals surface area contributed by atoms with Gasteiger partial charge in [0, 0.05) is 29.0 Å². The fourth-order valence-corrected chi connectivity index (χ4v) is 4.95. The van der Waals surface area contributed by atoms with E-state index in [1.807, 2.05) is 39.0 Å². The summed E-state index contributed by atoms with van der Waals surface area (Å²) in [5.41, 5.74) is 3.69. The number of methoxy groups -OCH3 is 1. The number of ether oxygens (including phenoxy) is 2. The van der Waals surface area contributed by atoms with Gasteiger partial charge in [0.15, 0.2) is 0 Å². The molecule has 0 saturated heterocycles. The molecule has 3 amide bonds. The number of nitrogens with zero attached hydrogens (tertiary/aromatic N) is 2. The van der Waals surface area contributed by atoms with Crippen LogP contribution in [-0.2, 0) is 32.1 Å². The van der Waals surface area contributed by atoms with Gasteiger partial charge in [0.25, 0.3) is 0 Å². The summed E-state index contributed by atoms with van der Waals surface area (Å²) in [6.45, 7) is 5.37. The Balaban J connectivity index is 1.54. The zero-order valence-electron chi connectivity index (χ0n) is 24.1. The molecule has 10 nitrogen and oxygen atoms in total. The first-order valence-corrected chi connectivity index (χ1v) is 14.0. The molecule has 0 atom stereocenters. The highest BCUT2D eigenvalue weighted by Gasteiger charge is 2.30. The fraction of sp³-hybridized carbons (Fsp3) is 0.452. The molecule has 2 aliphatic rings. The summed E-state index contributed by atoms with van der Waals surface area (Å²) in [7, 11) is 1.23. The molecule has 4 rings (SSSR count). The van der Waals surface area contributed by atoms with E-state index in [2.05, 4.69) is 15.4 Å². The predicted molar refractivity (Wildman–Crippen MR) is 156 cm³/mol. The van der Waals surface area contributed by atoms with E-state index in [1.54, 1.807) is 24.3 Å². The fourth-order valence-electron chi connectivity index (χ4n) is 4.95. The second kappa shape index (κ2) is 13.0. The van der Waals surface area contributed by atoms with Crippen molar-refractivity contribution in [3.8, 4) is 0 Å². The molecule has 2 aromatic rings. The molecule has 10 heteroatoms. The zero-order valence-corrected chi connectivity index (χ0v) is 24.1. The van der Waals surface area contributed by atoms with Crippen molar-refractivity contribution in [2.24, 2.45) is 16.4 Å². The Hall–Kier alpha value is -4.21. The van der Waals surface area contributed by atoms with Crippen LogP contribution in [0.5, 0.6) is 0 Å². The highest BCUT2D eigenvalue weighted by atomic mass is 16.7. The molecule has 1 heterocycles. The average molecular weight is 563 g/mol. The van der Waals surface area contributed by atoms with Crippen LogP contribution in [0.1, 0.15) is 69.6 Å². The maximum Gasteiger partial charge on any atom is 0.508 e. The van der Waals surface area contributed by atoms with Crippen molar-refractivity contribution in [3.63, 3.8) is 0 Å². The number of urea groups is 1. The van der Waals surface area contributed by atoms with Gasteiger partial charge in [0.2, 0.25) is 5.91 Å². The number of hydrogen-bond acceptors (Lipinski definition) is 7. The molecule has 1 fully saturated rings. The molecular formula is C31H38N4O6. The normalized spacial score (nSPS) is 15.7. The largest absolute Gasteiger partial charge is 0.508 e. The van der Waals surface area contributed by atoms with E-state index in [9.17, 15) is 19.2 Å². The first kappa shape index (κ1) is 29.8. The minimum Gasteiger partial charge on any atom is -0.438 e. The van der Waals surface area contributed by atoms with Gasteiger partial charge in [-0.05, 0) is 42.2 Å². The van der Waals surface area contributed by atoms with E-state index in [4.69, 9.17) is 9.84 Å². The molecule has 0 bridgehead atoms. The third-order valence-corrected chi connectivity index (χ3v) is 7.28. The summed E-state index contributed by atoms with van der Waals surface area (Å²) < 4.78 is 9.44. The Kier molecular flexibility index (Phi) is 9.42. The predicted octanol–water partition coefficient (Wildman–Crippen LogP) is 5.90. The molecule has 2 aromatic carbocycles. The van der Waals surface area contributed by atoms with Gasteiger partial charge in [-0.3, -0.25) is 9.59 Å². The van der Waals surface area contributed by atoms with E-state index in [0.29, 0.717) is 16.9 Å². The minimum atomic E-state index is -0.799. The van der Waals surface area contributed by atoms with Crippen LogP contribution < -0.4 is 10.6 Å². The summed E-state index contributed by atoms with van der Waals surface area (Å²) in [5, 5.41) is 11.6. The monoisotopic (exact) mass is 562 g/mol. The summed E-state index contributed by atoms with van der Waals surface area (Å²) in [4.78, 5) is 50.3. The lowest BCUT2D eigenvalue weighted by Crippen LogP contribution is -2.37. The number of ketones is 1. The van der Waals surface area contributed by atoms with Crippen LogP contribution in [0.2, 0.25) is 0 Å². The third-order valence-electron chi connectivity index (χ3n) is 7.28. The second-order valence-corrected chi connectivity index (χ2v) is 11.5. The quantitative estimate of drug-likeness (QED) is 0.386. The summed E-state index contributed by atoms with van der Waals surface area (Å²) in [6, 6.07) is 12.0. The van der Waals surface area contributed by atoms with Crippen LogP contribution in [0.3, 0.4) is 0 Å². The number of hydrogen-bond donors (Lipinski definition) is 2. The molecule has 0 unspecified atom stereocenters. The third kappa shape index (κ3) is 7.93. The van der Waals surface area contributed by atoms with Crippen molar-refractivity contribution < 1.29 is 28.7 Å². The van der Waals surface area contributed by atoms with Crippen molar-refractivity contribution in [2.75, 3.05) is 24.3 Å². The number of benzene rings is 2. The number of anilines is 2. The number of nitrogens with one attached hydrogen (secondary N) is 2. The lowest BCUT2D eigenvalue weighted by Gasteiger charge is -2.24. The molecular weight excluding hydrogens is 524 g/mol. The van der Waals surface area contributed by atoms with Gasteiger partial charge in [0.05, 0.1) is 18.5 Å². The molecule has 0 aromatic heterocycles. The van der Waals surface area contributed by atoms with Crippen LogP contribution >= 0.6 is 0 Å². The van der Waals surface area contributed by atoms with Crippen LogP contribution in [-0.4, -0.2) is 48.3 Å². The zero-order chi connectivity index (χ0) is 29.6. The second-order valence-electron chi connectivity index (χ2n) is 11.5. The number of carbonyl (C=O) groups is 4. The van der Waals surface area contributed by atoms with Gasteiger partial charge in [0.1, 0.15) is 18.9 Å². The summed E-state index contributed by atoms with van der Waals surface area (Å²) in [5.74, 6) is -0.160. The Morgan fingerprint density at radius 3 is 2.51 bits per heavy atom. The van der Waals surface area contributed by atoms with Crippen molar-refractivity contribution in [1.82, 2.24) is 5.01 Å². The first-order chi connectivity index (χ1) is 19.5. The Labute approximate surface area is 240 Å². The van der Waals surface area contributed by atoms with Gasteiger partial charge in [-0.2, -0.15) is 5.10 Å². The number of amides is 3. The van der Waals surface area contributed by atoms with Crippen molar-refractivity contribution in [1.29, 1.82) is 0 Å². The maximum absolute atomic E-state index is 13.3. The standard InChI is InChI=1S/C31H38N4O6/c1-31(2,3)26(36)17-20-13-14-24-25(16-20)33-29(38)35(34-28(24)22-10-6-5-7-11-22)18-27(37)32-23-12-8-9-21(15-23)19-41-30(39)40-4/h8-9,12-16,22H,5-7,10-11,17-19H2,1-4H3,(H,32,37)(H,33,38). The SMILES string of the molecule is COC(=O)OCc1cccc(NC(=O)CN2N=C(C3CCCCC3)c3ccc(CC(=O)C(C)(C)C)cc3NC2=O)c1. The van der Waals surface area contributed by atoms with Crippen LogP contribution in [0, 0.1) is 11.3 Å². The highest BCUT2D eigenvalue weighted by Crippen LogP contribution is 2.33. The number of carbonyl (C=O) groups excluding carboxylic acids is 4.